The molecule has 0 bridgehead atoms. The lowest BCUT2D eigenvalue weighted by molar-refractivity contribution is 0.563. The smallest absolute Gasteiger partial charge is 0.178 e. The quantitative estimate of drug-likeness (QED) is 0.824. The van der Waals surface area contributed by atoms with Crippen LogP contribution in [0.5, 0.6) is 0 Å². The van der Waals surface area contributed by atoms with Gasteiger partial charge in [0.15, 0.2) is 14.6 Å². The molecule has 1 saturated heterocycles. The van der Waals surface area contributed by atoms with Crippen molar-refractivity contribution in [3.05, 3.63) is 28.0 Å². The second-order valence-corrected chi connectivity index (χ2v) is 7.57. The minimum absolute atomic E-state index is 0.0882. The third kappa shape index (κ3) is 1.98. The van der Waals surface area contributed by atoms with E-state index in [1.165, 1.54) is 0 Å². The molecule has 1 aliphatic rings. The first-order valence-corrected chi connectivity index (χ1v) is 8.17. The number of nitrogens with one attached hydrogen (secondary N) is 1. The third-order valence-electron chi connectivity index (χ3n) is 3.25. The lowest BCUT2D eigenvalue weighted by atomic mass is 10.2. The van der Waals surface area contributed by atoms with E-state index in [0.29, 0.717) is 16.2 Å². The van der Waals surface area contributed by atoms with E-state index in [4.69, 9.17) is 23.8 Å². The van der Waals surface area contributed by atoms with Crippen molar-refractivity contribution in [3.63, 3.8) is 0 Å². The van der Waals surface area contributed by atoms with Crippen molar-refractivity contribution in [1.29, 1.82) is 0 Å². The second kappa shape index (κ2) is 4.08. The zero-order chi connectivity index (χ0) is 12.9. The topological polar surface area (TPSA) is 54.9 Å². The minimum atomic E-state index is -2.93. The Hall–Kier alpha value is -0.850. The lowest BCUT2D eigenvalue weighted by Gasteiger charge is -2.11. The van der Waals surface area contributed by atoms with Gasteiger partial charge in [0.05, 0.1) is 28.6 Å². The Balaban J connectivity index is 2.20. The second-order valence-electron chi connectivity index (χ2n) is 4.52. The molecule has 96 valence electrons. The van der Waals surface area contributed by atoms with Crippen LogP contribution in [0.2, 0.25) is 5.02 Å². The maximum Gasteiger partial charge on any atom is 0.178 e. The normalized spacial score (nSPS) is 22.6. The zero-order valence-electron chi connectivity index (χ0n) is 9.39. The van der Waals surface area contributed by atoms with E-state index in [0.717, 1.165) is 11.0 Å². The van der Waals surface area contributed by atoms with Gasteiger partial charge in [-0.05, 0) is 36.8 Å². The molecule has 0 aliphatic carbocycles. The Morgan fingerprint density at radius 1 is 1.44 bits per heavy atom. The van der Waals surface area contributed by atoms with Crippen LogP contribution >= 0.6 is 23.8 Å². The fourth-order valence-electron chi connectivity index (χ4n) is 2.44. The highest BCUT2D eigenvalue weighted by molar-refractivity contribution is 7.91. The highest BCUT2D eigenvalue weighted by Crippen LogP contribution is 2.29. The fraction of sp³-hybridized carbons (Fsp3) is 0.364. The lowest BCUT2D eigenvalue weighted by Crippen LogP contribution is -2.10. The maximum absolute atomic E-state index is 11.6. The van der Waals surface area contributed by atoms with E-state index in [1.54, 1.807) is 6.07 Å². The highest BCUT2D eigenvalue weighted by Gasteiger charge is 2.30. The van der Waals surface area contributed by atoms with Crippen LogP contribution in [0, 0.1) is 4.77 Å². The number of sulfone groups is 1. The summed E-state index contributed by atoms with van der Waals surface area (Å²) in [6, 6.07) is 5.36. The minimum Gasteiger partial charge on any atom is -0.331 e. The molecule has 3 rings (SSSR count). The van der Waals surface area contributed by atoms with Gasteiger partial charge in [0, 0.05) is 5.02 Å². The molecule has 0 amide bonds. The Morgan fingerprint density at radius 2 is 2.22 bits per heavy atom. The Bertz CT molecular complexity index is 776. The van der Waals surface area contributed by atoms with E-state index >= 15 is 0 Å². The monoisotopic (exact) mass is 302 g/mol. The van der Waals surface area contributed by atoms with Crippen molar-refractivity contribution in [1.82, 2.24) is 9.55 Å². The van der Waals surface area contributed by atoms with E-state index in [1.807, 2.05) is 16.7 Å². The molecule has 1 aromatic heterocycles. The predicted molar refractivity (Wildman–Crippen MR) is 74.4 cm³/mol. The van der Waals surface area contributed by atoms with Gasteiger partial charge < -0.3 is 9.55 Å². The summed E-state index contributed by atoms with van der Waals surface area (Å²) in [7, 11) is -2.93. The summed E-state index contributed by atoms with van der Waals surface area (Å²) in [5.74, 6) is 0.382. The van der Waals surface area contributed by atoms with E-state index < -0.39 is 9.84 Å². The number of aromatic nitrogens is 2. The van der Waals surface area contributed by atoms with Gasteiger partial charge in [-0.2, -0.15) is 0 Å². The van der Waals surface area contributed by atoms with Gasteiger partial charge in [-0.1, -0.05) is 11.6 Å². The molecule has 1 fully saturated rings. The molecule has 1 atom stereocenters. The van der Waals surface area contributed by atoms with Crippen molar-refractivity contribution in [3.8, 4) is 0 Å². The first-order valence-electron chi connectivity index (χ1n) is 5.56. The molecule has 2 aromatic rings. The summed E-state index contributed by atoms with van der Waals surface area (Å²) in [5, 5.41) is 0.617. The third-order valence-corrected chi connectivity index (χ3v) is 5.54. The van der Waals surface area contributed by atoms with Crippen LogP contribution in [0.15, 0.2) is 18.2 Å². The average molecular weight is 303 g/mol. The standard InChI is InChI=1S/C11H11ClN2O2S2/c12-7-1-2-9-10(5-7)14(11(17)13-9)8-3-4-18(15,16)6-8/h1-2,5,8H,3-4,6H2,(H,13,17). The van der Waals surface area contributed by atoms with Gasteiger partial charge in [0.1, 0.15) is 0 Å². The number of hydrogen-bond donors (Lipinski definition) is 1. The molecular weight excluding hydrogens is 292 g/mol. The molecule has 0 radical (unpaired) electrons. The number of rotatable bonds is 1. The summed E-state index contributed by atoms with van der Waals surface area (Å²) in [6.07, 6.45) is 0.607. The van der Waals surface area contributed by atoms with E-state index in [2.05, 4.69) is 4.98 Å². The molecule has 0 saturated carbocycles. The number of fused-ring (bicyclic) bond motifs is 1. The van der Waals surface area contributed by atoms with Gasteiger partial charge in [0.25, 0.3) is 0 Å². The van der Waals surface area contributed by atoms with E-state index in [9.17, 15) is 8.42 Å². The molecule has 1 unspecified atom stereocenters. The average Bonchev–Trinajstić information content (AvgIpc) is 2.77. The fourth-order valence-corrected chi connectivity index (χ4v) is 4.66. The Kier molecular flexibility index (Phi) is 2.76. The summed E-state index contributed by atoms with van der Waals surface area (Å²) in [4.78, 5) is 3.08. The van der Waals surface area contributed by atoms with Crippen LogP contribution in [0.4, 0.5) is 0 Å². The first kappa shape index (κ1) is 12.2. The number of H-pyrrole nitrogens is 1. The summed E-state index contributed by atoms with van der Waals surface area (Å²) in [5.41, 5.74) is 1.75. The molecule has 1 aromatic carbocycles. The molecule has 4 nitrogen and oxygen atoms in total. The molecular formula is C11H11ClN2O2S2. The van der Waals surface area contributed by atoms with E-state index in [-0.39, 0.29) is 17.5 Å². The number of nitrogens with zero attached hydrogens (tertiary/aromatic N) is 1. The van der Waals surface area contributed by atoms with Crippen molar-refractivity contribution < 1.29 is 8.42 Å². The molecule has 0 spiro atoms. The van der Waals surface area contributed by atoms with Crippen LogP contribution < -0.4 is 0 Å². The van der Waals surface area contributed by atoms with Gasteiger partial charge in [-0.15, -0.1) is 0 Å². The number of hydrogen-bond acceptors (Lipinski definition) is 3. The van der Waals surface area contributed by atoms with Crippen LogP contribution in [0.1, 0.15) is 12.5 Å². The van der Waals surface area contributed by atoms with Crippen LogP contribution in [-0.2, 0) is 9.84 Å². The van der Waals surface area contributed by atoms with Gasteiger partial charge in [0.2, 0.25) is 0 Å². The maximum atomic E-state index is 11.6. The summed E-state index contributed by atoms with van der Waals surface area (Å²) < 4.78 is 25.6. The van der Waals surface area contributed by atoms with Gasteiger partial charge in [-0.25, -0.2) is 8.42 Å². The SMILES string of the molecule is O=S1(=O)CCC(n2c(=S)[nH]c3ccc(Cl)cc32)C1. The Labute approximate surface area is 114 Å². The number of benzene rings is 1. The highest BCUT2D eigenvalue weighted by atomic mass is 35.5. The Morgan fingerprint density at radius 3 is 2.89 bits per heavy atom. The van der Waals surface area contributed by atoms with Crippen molar-refractivity contribution in [2.45, 2.75) is 12.5 Å². The van der Waals surface area contributed by atoms with Crippen molar-refractivity contribution in [2.75, 3.05) is 11.5 Å². The summed E-state index contributed by atoms with van der Waals surface area (Å²) >= 11 is 11.3. The van der Waals surface area contributed by atoms with Crippen LogP contribution in [-0.4, -0.2) is 29.5 Å². The van der Waals surface area contributed by atoms with Crippen molar-refractivity contribution in [2.24, 2.45) is 0 Å². The number of aromatic amines is 1. The predicted octanol–water partition coefficient (Wildman–Crippen LogP) is 2.71. The van der Waals surface area contributed by atoms with Crippen LogP contribution in [0.25, 0.3) is 11.0 Å². The molecule has 18 heavy (non-hydrogen) atoms. The largest absolute Gasteiger partial charge is 0.331 e. The summed E-state index contributed by atoms with van der Waals surface area (Å²) in [6.45, 7) is 0. The molecule has 7 heteroatoms. The molecule has 2 heterocycles. The first-order chi connectivity index (χ1) is 8.46. The molecule has 1 N–H and O–H groups in total. The van der Waals surface area contributed by atoms with Crippen LogP contribution in [0.3, 0.4) is 0 Å². The van der Waals surface area contributed by atoms with Gasteiger partial charge in [-0.3, -0.25) is 0 Å². The molecule has 1 aliphatic heterocycles. The van der Waals surface area contributed by atoms with Gasteiger partial charge >= 0.3 is 0 Å². The number of imidazole rings is 1. The number of halogens is 1. The van der Waals surface area contributed by atoms with Crippen molar-refractivity contribution >= 4 is 44.7 Å². The zero-order valence-corrected chi connectivity index (χ0v) is 11.8.